The number of ether oxygens (including phenoxy) is 1. The Morgan fingerprint density at radius 3 is 2.00 bits per heavy atom. The lowest BCUT2D eigenvalue weighted by atomic mass is 10.2. The van der Waals surface area contributed by atoms with Gasteiger partial charge in [0, 0.05) is 0 Å². The van der Waals surface area contributed by atoms with Crippen molar-refractivity contribution in [1.82, 2.24) is 0 Å². The molecular formula is C9H13F2NO. The average molecular weight is 189 g/mol. The van der Waals surface area contributed by atoms with Gasteiger partial charge in [0.05, 0.1) is 0 Å². The van der Waals surface area contributed by atoms with Crippen LogP contribution in [-0.4, -0.2) is 13.7 Å². The smallest absolute Gasteiger partial charge is 0.387 e. The Morgan fingerprint density at radius 2 is 1.62 bits per heavy atom. The lowest BCUT2D eigenvalue weighted by Crippen LogP contribution is -2.01. The highest BCUT2D eigenvalue weighted by Crippen LogP contribution is 2.13. The van der Waals surface area contributed by atoms with E-state index in [0.717, 1.165) is 5.56 Å². The molecule has 0 saturated heterocycles. The molecule has 0 radical (unpaired) electrons. The molecule has 1 aromatic rings. The monoisotopic (exact) mass is 189 g/mol. The van der Waals surface area contributed by atoms with Gasteiger partial charge >= 0.3 is 6.61 Å². The summed E-state index contributed by atoms with van der Waals surface area (Å²) in [4.78, 5) is 0. The van der Waals surface area contributed by atoms with Gasteiger partial charge in [-0.3, -0.25) is 0 Å². The van der Waals surface area contributed by atoms with Crippen LogP contribution >= 0.6 is 0 Å². The highest BCUT2D eigenvalue weighted by Gasteiger charge is 2.01. The summed E-state index contributed by atoms with van der Waals surface area (Å²) >= 11 is 0. The maximum Gasteiger partial charge on any atom is 0.387 e. The van der Waals surface area contributed by atoms with Crippen molar-refractivity contribution in [3.63, 3.8) is 0 Å². The van der Waals surface area contributed by atoms with E-state index in [1.807, 2.05) is 6.92 Å². The number of aryl methyl sites for hydroxylation is 1. The van der Waals surface area contributed by atoms with Crippen LogP contribution in [0.5, 0.6) is 5.75 Å². The molecule has 0 bridgehead atoms. The van der Waals surface area contributed by atoms with Crippen LogP contribution in [0.25, 0.3) is 0 Å². The average Bonchev–Trinajstić information content (AvgIpc) is 2.12. The summed E-state index contributed by atoms with van der Waals surface area (Å²) in [6.07, 6.45) is 0. The SMILES string of the molecule is CN.Cc1ccc(OC(F)F)cc1. The van der Waals surface area contributed by atoms with Crippen molar-refractivity contribution in [3.8, 4) is 5.75 Å². The van der Waals surface area contributed by atoms with Crippen LogP contribution in [0.3, 0.4) is 0 Å². The molecule has 13 heavy (non-hydrogen) atoms. The molecular weight excluding hydrogens is 176 g/mol. The number of halogens is 2. The van der Waals surface area contributed by atoms with Gasteiger partial charge in [0.2, 0.25) is 0 Å². The fourth-order valence-electron chi connectivity index (χ4n) is 0.720. The normalized spacial score (nSPS) is 9.08. The van der Waals surface area contributed by atoms with E-state index in [1.165, 1.54) is 19.2 Å². The Kier molecular flexibility index (Phi) is 5.80. The van der Waals surface area contributed by atoms with E-state index >= 15 is 0 Å². The Hall–Kier alpha value is -1.16. The van der Waals surface area contributed by atoms with E-state index in [4.69, 9.17) is 0 Å². The van der Waals surface area contributed by atoms with Gasteiger partial charge in [-0.05, 0) is 26.1 Å². The highest BCUT2D eigenvalue weighted by atomic mass is 19.3. The molecule has 2 N–H and O–H groups in total. The molecule has 2 nitrogen and oxygen atoms in total. The number of nitrogens with two attached hydrogens (primary N) is 1. The van der Waals surface area contributed by atoms with Gasteiger partial charge in [-0.2, -0.15) is 8.78 Å². The van der Waals surface area contributed by atoms with Gasteiger partial charge in [-0.15, -0.1) is 0 Å². The molecule has 0 amide bonds. The second-order valence-electron chi connectivity index (χ2n) is 2.19. The van der Waals surface area contributed by atoms with Gasteiger partial charge in [-0.25, -0.2) is 0 Å². The third-order valence-electron chi connectivity index (χ3n) is 1.25. The number of alkyl halides is 2. The van der Waals surface area contributed by atoms with Crippen molar-refractivity contribution < 1.29 is 13.5 Å². The predicted octanol–water partition coefficient (Wildman–Crippen LogP) is 2.17. The van der Waals surface area contributed by atoms with Crippen LogP contribution in [0, 0.1) is 6.92 Å². The fourth-order valence-corrected chi connectivity index (χ4v) is 0.720. The maximum atomic E-state index is 11.6. The molecule has 0 atom stereocenters. The van der Waals surface area contributed by atoms with Crippen molar-refractivity contribution in [1.29, 1.82) is 0 Å². The first-order chi connectivity index (χ1) is 6.18. The molecule has 0 aliphatic carbocycles. The molecule has 1 aromatic carbocycles. The molecule has 0 aromatic heterocycles. The molecule has 0 fully saturated rings. The number of hydrogen-bond acceptors (Lipinski definition) is 2. The van der Waals surface area contributed by atoms with Crippen LogP contribution in [0.1, 0.15) is 5.56 Å². The highest BCUT2D eigenvalue weighted by molar-refractivity contribution is 5.26. The van der Waals surface area contributed by atoms with E-state index in [0.29, 0.717) is 0 Å². The summed E-state index contributed by atoms with van der Waals surface area (Å²) in [6.45, 7) is -0.857. The number of benzene rings is 1. The lowest BCUT2D eigenvalue weighted by molar-refractivity contribution is -0.0498. The summed E-state index contributed by atoms with van der Waals surface area (Å²) in [5.74, 6) is 0.200. The third kappa shape index (κ3) is 5.14. The lowest BCUT2D eigenvalue weighted by Gasteiger charge is -2.02. The van der Waals surface area contributed by atoms with Crippen molar-refractivity contribution in [2.45, 2.75) is 13.5 Å². The van der Waals surface area contributed by atoms with Crippen molar-refractivity contribution >= 4 is 0 Å². The van der Waals surface area contributed by atoms with Crippen LogP contribution in [0.4, 0.5) is 8.78 Å². The topological polar surface area (TPSA) is 35.2 Å². The minimum Gasteiger partial charge on any atom is -0.435 e. The minimum atomic E-state index is -2.74. The molecule has 0 aliphatic rings. The first kappa shape index (κ1) is 11.8. The van der Waals surface area contributed by atoms with Gasteiger partial charge in [0.15, 0.2) is 0 Å². The molecule has 0 aliphatic heterocycles. The largest absolute Gasteiger partial charge is 0.435 e. The molecule has 0 saturated carbocycles. The predicted molar refractivity (Wildman–Crippen MR) is 47.9 cm³/mol. The fraction of sp³-hybridized carbons (Fsp3) is 0.333. The standard InChI is InChI=1S/C8H8F2O.CH5N/c1-6-2-4-7(5-3-6)11-8(9)10;1-2/h2-5,8H,1H3;2H2,1H3. The van der Waals surface area contributed by atoms with E-state index in [2.05, 4.69) is 10.5 Å². The van der Waals surface area contributed by atoms with E-state index in [-0.39, 0.29) is 5.75 Å². The quantitative estimate of drug-likeness (QED) is 0.773. The molecule has 1 rings (SSSR count). The van der Waals surface area contributed by atoms with Gasteiger partial charge in [-0.1, -0.05) is 17.7 Å². The summed E-state index contributed by atoms with van der Waals surface area (Å²) < 4.78 is 27.3. The van der Waals surface area contributed by atoms with E-state index < -0.39 is 6.61 Å². The summed E-state index contributed by atoms with van der Waals surface area (Å²) in [5.41, 5.74) is 5.52. The number of hydrogen-bond donors (Lipinski definition) is 1. The molecule has 0 spiro atoms. The molecule has 4 heteroatoms. The third-order valence-corrected chi connectivity index (χ3v) is 1.25. The maximum absolute atomic E-state index is 11.6. The zero-order valence-corrected chi connectivity index (χ0v) is 7.63. The van der Waals surface area contributed by atoms with Crippen LogP contribution in [-0.2, 0) is 0 Å². The Morgan fingerprint density at radius 1 is 1.15 bits per heavy atom. The van der Waals surface area contributed by atoms with Gasteiger partial charge in [0.25, 0.3) is 0 Å². The molecule has 74 valence electrons. The van der Waals surface area contributed by atoms with E-state index in [1.54, 1.807) is 12.1 Å². The summed E-state index contributed by atoms with van der Waals surface area (Å²) in [7, 11) is 1.50. The number of rotatable bonds is 2. The summed E-state index contributed by atoms with van der Waals surface area (Å²) in [5, 5.41) is 0. The summed E-state index contributed by atoms with van der Waals surface area (Å²) in [6, 6.07) is 6.47. The van der Waals surface area contributed by atoms with Crippen molar-refractivity contribution in [2.24, 2.45) is 5.73 Å². The first-order valence-electron chi connectivity index (χ1n) is 3.77. The van der Waals surface area contributed by atoms with E-state index in [9.17, 15) is 8.78 Å². The van der Waals surface area contributed by atoms with Crippen molar-refractivity contribution in [2.75, 3.05) is 7.05 Å². The zero-order valence-electron chi connectivity index (χ0n) is 7.63. The van der Waals surface area contributed by atoms with Gasteiger partial charge < -0.3 is 10.5 Å². The minimum absolute atomic E-state index is 0.200. The van der Waals surface area contributed by atoms with Crippen LogP contribution in [0.2, 0.25) is 0 Å². The van der Waals surface area contributed by atoms with Crippen LogP contribution < -0.4 is 10.5 Å². The first-order valence-corrected chi connectivity index (χ1v) is 3.77. The van der Waals surface area contributed by atoms with Gasteiger partial charge in [0.1, 0.15) is 5.75 Å². The molecule has 0 unspecified atom stereocenters. The molecule has 0 heterocycles. The Balaban J connectivity index is 0.000000671. The Labute approximate surface area is 76.3 Å². The van der Waals surface area contributed by atoms with Crippen LogP contribution in [0.15, 0.2) is 24.3 Å². The second kappa shape index (κ2) is 6.37. The van der Waals surface area contributed by atoms with Crippen molar-refractivity contribution in [3.05, 3.63) is 29.8 Å². The zero-order chi connectivity index (χ0) is 10.3. The Bertz CT molecular complexity index is 224. The second-order valence-corrected chi connectivity index (χ2v) is 2.19.